The van der Waals surface area contributed by atoms with Gasteiger partial charge in [-0.1, -0.05) is 0 Å². The van der Waals surface area contributed by atoms with Crippen molar-refractivity contribution in [2.24, 2.45) is 7.05 Å². The quantitative estimate of drug-likeness (QED) is 0.631. The molecule has 8 nitrogen and oxygen atoms in total. The van der Waals surface area contributed by atoms with Gasteiger partial charge in [0.2, 0.25) is 0 Å². The summed E-state index contributed by atoms with van der Waals surface area (Å²) < 4.78 is 4.70. The van der Waals surface area contributed by atoms with E-state index in [1.54, 1.807) is 11.9 Å². The Morgan fingerprint density at radius 1 is 1.65 bits per heavy atom. The number of nitrogens with zero attached hydrogens (tertiary/aromatic N) is 5. The molecule has 2 heterocycles. The number of hydrogen-bond donors (Lipinski definition) is 1. The number of aliphatic hydroxyl groups excluding tert-OH is 1. The Balaban J connectivity index is 2.05. The van der Waals surface area contributed by atoms with E-state index >= 15 is 0 Å². The van der Waals surface area contributed by atoms with E-state index in [0.29, 0.717) is 25.3 Å². The van der Waals surface area contributed by atoms with Gasteiger partial charge in [-0.05, 0) is 5.21 Å². The van der Waals surface area contributed by atoms with E-state index < -0.39 is 12.1 Å². The van der Waals surface area contributed by atoms with Crippen LogP contribution in [-0.2, 0) is 23.1 Å². The first-order valence-corrected chi connectivity index (χ1v) is 5.33. The second kappa shape index (κ2) is 4.76. The zero-order chi connectivity index (χ0) is 12.4. The van der Waals surface area contributed by atoms with Crippen LogP contribution in [0.25, 0.3) is 0 Å². The first-order valence-electron chi connectivity index (χ1n) is 5.33. The maximum Gasteiger partial charge on any atom is 0.323 e. The highest BCUT2D eigenvalue weighted by Crippen LogP contribution is 2.20. The summed E-state index contributed by atoms with van der Waals surface area (Å²) in [6.07, 6.45) is -0.136. The normalized spacial score (nSPS) is 25.1. The Morgan fingerprint density at radius 3 is 3.00 bits per heavy atom. The molecule has 1 aliphatic rings. The van der Waals surface area contributed by atoms with Gasteiger partial charge in [-0.3, -0.25) is 9.69 Å². The Bertz CT molecular complexity index is 407. The maximum atomic E-state index is 11.5. The Hall–Kier alpha value is -1.54. The molecule has 1 fully saturated rings. The molecule has 0 radical (unpaired) electrons. The number of tetrazole rings is 1. The van der Waals surface area contributed by atoms with Gasteiger partial charge < -0.3 is 9.84 Å². The van der Waals surface area contributed by atoms with E-state index in [1.165, 1.54) is 11.9 Å². The van der Waals surface area contributed by atoms with Crippen molar-refractivity contribution in [1.82, 2.24) is 25.1 Å². The van der Waals surface area contributed by atoms with Crippen molar-refractivity contribution in [3.63, 3.8) is 0 Å². The van der Waals surface area contributed by atoms with Gasteiger partial charge in [0.25, 0.3) is 0 Å². The van der Waals surface area contributed by atoms with E-state index in [-0.39, 0.29) is 5.97 Å². The average molecular weight is 241 g/mol. The van der Waals surface area contributed by atoms with Gasteiger partial charge in [-0.2, -0.15) is 4.80 Å². The lowest BCUT2D eigenvalue weighted by Crippen LogP contribution is -2.36. The van der Waals surface area contributed by atoms with Gasteiger partial charge in [0, 0.05) is 13.0 Å². The molecule has 2 atom stereocenters. The highest BCUT2D eigenvalue weighted by Gasteiger charge is 2.37. The van der Waals surface area contributed by atoms with Gasteiger partial charge in [0.05, 0.1) is 26.8 Å². The molecule has 0 aliphatic carbocycles. The largest absolute Gasteiger partial charge is 0.468 e. The van der Waals surface area contributed by atoms with Gasteiger partial charge in [-0.25, -0.2) is 0 Å². The predicted molar refractivity (Wildman–Crippen MR) is 55.6 cm³/mol. The molecule has 1 aromatic heterocycles. The predicted octanol–water partition coefficient (Wildman–Crippen LogP) is -1.68. The zero-order valence-corrected chi connectivity index (χ0v) is 9.78. The Morgan fingerprint density at radius 2 is 2.41 bits per heavy atom. The summed E-state index contributed by atoms with van der Waals surface area (Å²) in [5.74, 6) is 0.181. The van der Waals surface area contributed by atoms with Gasteiger partial charge in [-0.15, -0.1) is 10.2 Å². The number of carbonyl (C=O) groups is 1. The number of carbonyl (C=O) groups excluding carboxylic acids is 1. The number of methoxy groups -OCH3 is 1. The van der Waals surface area contributed by atoms with Crippen molar-refractivity contribution in [1.29, 1.82) is 0 Å². The van der Waals surface area contributed by atoms with Crippen LogP contribution in [0.4, 0.5) is 0 Å². The van der Waals surface area contributed by atoms with Crippen LogP contribution in [0.3, 0.4) is 0 Å². The fraction of sp³-hybridized carbons (Fsp3) is 0.778. The number of likely N-dealkylation sites (tertiary alicyclic amines) is 1. The van der Waals surface area contributed by atoms with Crippen LogP contribution in [-0.4, -0.2) is 62.0 Å². The van der Waals surface area contributed by atoms with Crippen LogP contribution in [0.5, 0.6) is 0 Å². The molecule has 0 amide bonds. The molecule has 0 aromatic carbocycles. The lowest BCUT2D eigenvalue weighted by atomic mass is 10.2. The zero-order valence-electron chi connectivity index (χ0n) is 9.78. The minimum atomic E-state index is -0.518. The van der Waals surface area contributed by atoms with Crippen molar-refractivity contribution in [2.45, 2.75) is 25.1 Å². The standard InChI is InChI=1S/C9H15N5O3/c1-13-11-8(10-12-13)5-14-4-6(15)3-7(14)9(16)17-2/h6-7,15H,3-5H2,1-2H3. The molecule has 0 spiro atoms. The molecule has 8 heteroatoms. The molecule has 0 saturated carbocycles. The van der Waals surface area contributed by atoms with E-state index in [9.17, 15) is 9.90 Å². The third-order valence-corrected chi connectivity index (χ3v) is 2.75. The molecule has 17 heavy (non-hydrogen) atoms. The van der Waals surface area contributed by atoms with E-state index in [2.05, 4.69) is 15.4 Å². The fourth-order valence-corrected chi connectivity index (χ4v) is 2.00. The molecule has 2 rings (SSSR count). The number of aliphatic hydroxyl groups is 1. The summed E-state index contributed by atoms with van der Waals surface area (Å²) in [6, 6.07) is -0.432. The van der Waals surface area contributed by atoms with E-state index in [1.807, 2.05) is 0 Å². The highest BCUT2D eigenvalue weighted by molar-refractivity contribution is 5.76. The summed E-state index contributed by atoms with van der Waals surface area (Å²) in [5.41, 5.74) is 0. The number of esters is 1. The Kier molecular flexibility index (Phi) is 3.34. The van der Waals surface area contributed by atoms with Crippen molar-refractivity contribution < 1.29 is 14.6 Å². The minimum absolute atomic E-state index is 0.342. The maximum absolute atomic E-state index is 11.5. The van der Waals surface area contributed by atoms with E-state index in [4.69, 9.17) is 4.74 Å². The number of ether oxygens (including phenoxy) is 1. The second-order valence-electron chi connectivity index (χ2n) is 4.05. The molecule has 1 saturated heterocycles. The van der Waals surface area contributed by atoms with Gasteiger partial charge >= 0.3 is 5.97 Å². The van der Waals surface area contributed by atoms with Crippen molar-refractivity contribution in [3.05, 3.63) is 5.82 Å². The summed E-state index contributed by atoms with van der Waals surface area (Å²) in [6.45, 7) is 0.794. The highest BCUT2D eigenvalue weighted by atomic mass is 16.5. The lowest BCUT2D eigenvalue weighted by Gasteiger charge is -2.19. The number of β-amino-alcohol motifs (C(OH)–C–C–N with tert-alkyl or cyclic N) is 1. The summed E-state index contributed by atoms with van der Waals surface area (Å²) >= 11 is 0. The van der Waals surface area contributed by atoms with Crippen LogP contribution in [0, 0.1) is 0 Å². The second-order valence-corrected chi connectivity index (χ2v) is 4.05. The smallest absolute Gasteiger partial charge is 0.323 e. The lowest BCUT2D eigenvalue weighted by molar-refractivity contribution is -0.146. The Labute approximate surface area is 98.2 Å². The van der Waals surface area contributed by atoms with Crippen LogP contribution in [0.15, 0.2) is 0 Å². The molecule has 1 aliphatic heterocycles. The van der Waals surface area contributed by atoms with Crippen molar-refractivity contribution >= 4 is 5.97 Å². The first kappa shape index (κ1) is 11.9. The SMILES string of the molecule is COC(=O)C1CC(O)CN1Cc1nnn(C)n1. The molecule has 1 aromatic rings. The fourth-order valence-electron chi connectivity index (χ4n) is 2.00. The first-order chi connectivity index (χ1) is 8.10. The van der Waals surface area contributed by atoms with Crippen LogP contribution in [0.1, 0.15) is 12.2 Å². The summed E-state index contributed by atoms with van der Waals surface area (Å²) in [7, 11) is 3.01. The summed E-state index contributed by atoms with van der Waals surface area (Å²) in [5, 5.41) is 21.2. The van der Waals surface area contributed by atoms with Crippen molar-refractivity contribution in [2.75, 3.05) is 13.7 Å². The molecule has 94 valence electrons. The van der Waals surface area contributed by atoms with Gasteiger partial charge in [0.1, 0.15) is 6.04 Å². The summed E-state index contributed by atoms with van der Waals surface area (Å²) in [4.78, 5) is 14.7. The molecule has 2 unspecified atom stereocenters. The molecular formula is C9H15N5O3. The molecule has 0 bridgehead atoms. The number of aromatic nitrogens is 4. The van der Waals surface area contributed by atoms with Crippen LogP contribution in [0.2, 0.25) is 0 Å². The number of aryl methyl sites for hydroxylation is 1. The number of rotatable bonds is 3. The molecular weight excluding hydrogens is 226 g/mol. The number of hydrogen-bond acceptors (Lipinski definition) is 7. The van der Waals surface area contributed by atoms with Gasteiger partial charge in [0.15, 0.2) is 5.82 Å². The molecule has 1 N–H and O–H groups in total. The van der Waals surface area contributed by atoms with E-state index in [0.717, 1.165) is 0 Å². The average Bonchev–Trinajstić information content (AvgIpc) is 2.85. The third kappa shape index (κ3) is 2.59. The van der Waals surface area contributed by atoms with Crippen LogP contribution < -0.4 is 0 Å². The monoisotopic (exact) mass is 241 g/mol. The van der Waals surface area contributed by atoms with Crippen LogP contribution >= 0.6 is 0 Å². The topological polar surface area (TPSA) is 93.4 Å². The third-order valence-electron chi connectivity index (χ3n) is 2.75. The minimum Gasteiger partial charge on any atom is -0.468 e. The van der Waals surface area contributed by atoms with Crippen molar-refractivity contribution in [3.8, 4) is 0 Å².